The van der Waals surface area contributed by atoms with Crippen LogP contribution in [0.3, 0.4) is 0 Å². The third-order valence-corrected chi connectivity index (χ3v) is 3.57. The van der Waals surface area contributed by atoms with E-state index in [9.17, 15) is 0 Å². The molecule has 0 saturated heterocycles. The minimum atomic E-state index is 0.314. The highest BCUT2D eigenvalue weighted by atomic mass is 32.2. The van der Waals surface area contributed by atoms with Crippen LogP contribution in [0.1, 0.15) is 32.5 Å². The van der Waals surface area contributed by atoms with Gasteiger partial charge in [0.25, 0.3) is 0 Å². The molecule has 6 heteroatoms. The van der Waals surface area contributed by atoms with E-state index in [1.807, 2.05) is 18.8 Å². The average molecular weight is 269 g/mol. The van der Waals surface area contributed by atoms with Gasteiger partial charge in [0.2, 0.25) is 11.9 Å². The van der Waals surface area contributed by atoms with Gasteiger partial charge in [-0.05, 0) is 19.1 Å². The zero-order chi connectivity index (χ0) is 13.5. The van der Waals surface area contributed by atoms with Crippen molar-refractivity contribution in [3.8, 4) is 0 Å². The maximum Gasteiger partial charge on any atom is 0.230 e. The fourth-order valence-corrected chi connectivity index (χ4v) is 2.62. The van der Waals surface area contributed by atoms with Gasteiger partial charge in [0.15, 0.2) is 0 Å². The molecule has 18 heavy (non-hydrogen) atoms. The molecule has 0 spiro atoms. The molecule has 0 amide bonds. The van der Waals surface area contributed by atoms with Gasteiger partial charge in [-0.3, -0.25) is 0 Å². The summed E-state index contributed by atoms with van der Waals surface area (Å²) < 4.78 is 0. The molecule has 1 unspecified atom stereocenters. The van der Waals surface area contributed by atoms with Crippen molar-refractivity contribution < 1.29 is 0 Å². The summed E-state index contributed by atoms with van der Waals surface area (Å²) >= 11 is 1.83. The number of aryl methyl sites for hydroxylation is 1. The molecule has 0 aromatic carbocycles. The molecular weight excluding hydrogens is 246 g/mol. The summed E-state index contributed by atoms with van der Waals surface area (Å²) in [6.45, 7) is 4.28. The summed E-state index contributed by atoms with van der Waals surface area (Å²) in [5.41, 5.74) is 5.75. The van der Waals surface area contributed by atoms with Crippen LogP contribution in [0.2, 0.25) is 0 Å². The van der Waals surface area contributed by atoms with Crippen molar-refractivity contribution >= 4 is 23.7 Å². The van der Waals surface area contributed by atoms with Crippen molar-refractivity contribution in [2.24, 2.45) is 0 Å². The van der Waals surface area contributed by atoms with Gasteiger partial charge in [-0.1, -0.05) is 13.8 Å². The highest BCUT2D eigenvalue weighted by Gasteiger charge is 2.16. The molecule has 0 radical (unpaired) electrons. The Kier molecular flexibility index (Phi) is 6.18. The van der Waals surface area contributed by atoms with Crippen LogP contribution in [0.5, 0.6) is 0 Å². The van der Waals surface area contributed by atoms with E-state index in [0.29, 0.717) is 17.9 Å². The third kappa shape index (κ3) is 4.01. The van der Waals surface area contributed by atoms with E-state index < -0.39 is 0 Å². The molecule has 0 bridgehead atoms. The number of hydrogen-bond acceptors (Lipinski definition) is 6. The van der Waals surface area contributed by atoms with E-state index >= 15 is 0 Å². The largest absolute Gasteiger partial charge is 0.368 e. The molecule has 5 nitrogen and oxygen atoms in total. The monoisotopic (exact) mass is 269 g/mol. The Hall–Kier alpha value is -1.04. The fourth-order valence-electron chi connectivity index (χ4n) is 1.78. The second-order valence-corrected chi connectivity index (χ2v) is 5.20. The molecule has 1 rings (SSSR count). The molecule has 0 aliphatic heterocycles. The van der Waals surface area contributed by atoms with Gasteiger partial charge >= 0.3 is 0 Å². The lowest BCUT2D eigenvalue weighted by Gasteiger charge is -2.26. The molecule has 2 N–H and O–H groups in total. The highest BCUT2D eigenvalue weighted by Crippen LogP contribution is 2.16. The molecule has 1 aromatic rings. The molecule has 1 aromatic heterocycles. The molecule has 0 saturated carbocycles. The quantitative estimate of drug-likeness (QED) is 0.816. The number of anilines is 2. The van der Waals surface area contributed by atoms with Crippen LogP contribution in [-0.2, 0) is 6.42 Å². The summed E-state index contributed by atoms with van der Waals surface area (Å²) in [6, 6.07) is 0.427. The van der Waals surface area contributed by atoms with E-state index in [1.54, 1.807) is 0 Å². The first kappa shape index (κ1) is 15.0. The Morgan fingerprint density at radius 1 is 1.28 bits per heavy atom. The Morgan fingerprint density at radius 2 is 2.00 bits per heavy atom. The molecule has 0 fully saturated rings. The molecule has 102 valence electrons. The van der Waals surface area contributed by atoms with E-state index in [-0.39, 0.29) is 0 Å². The minimum Gasteiger partial charge on any atom is -0.368 e. The summed E-state index contributed by atoms with van der Waals surface area (Å²) in [7, 11) is 2.02. The molecule has 0 aliphatic rings. The van der Waals surface area contributed by atoms with Crippen LogP contribution >= 0.6 is 11.8 Å². The van der Waals surface area contributed by atoms with E-state index in [0.717, 1.165) is 30.8 Å². The maximum atomic E-state index is 5.75. The van der Waals surface area contributed by atoms with E-state index in [2.05, 4.69) is 40.0 Å². The fraction of sp³-hybridized carbons (Fsp3) is 0.750. The topological polar surface area (TPSA) is 67.9 Å². The Morgan fingerprint density at radius 3 is 2.56 bits per heavy atom. The minimum absolute atomic E-state index is 0.314. The number of aromatic nitrogens is 3. The SMILES string of the molecule is CCCc1nc(N)nc(N(C)C(CC)CSC)n1. The molecule has 0 aliphatic carbocycles. The second kappa shape index (κ2) is 7.41. The van der Waals surface area contributed by atoms with Gasteiger partial charge in [0.1, 0.15) is 5.82 Å². The highest BCUT2D eigenvalue weighted by molar-refractivity contribution is 7.98. The normalized spacial score (nSPS) is 12.4. The van der Waals surface area contributed by atoms with Crippen molar-refractivity contribution in [1.29, 1.82) is 0 Å². The van der Waals surface area contributed by atoms with Gasteiger partial charge in [-0.25, -0.2) is 0 Å². The van der Waals surface area contributed by atoms with Crippen molar-refractivity contribution in [3.63, 3.8) is 0 Å². The zero-order valence-corrected chi connectivity index (χ0v) is 12.5. The number of nitrogen functional groups attached to an aromatic ring is 1. The average Bonchev–Trinajstić information content (AvgIpc) is 2.35. The summed E-state index contributed by atoms with van der Waals surface area (Å²) in [6.07, 6.45) is 5.02. The van der Waals surface area contributed by atoms with Gasteiger partial charge in [-0.15, -0.1) is 0 Å². The van der Waals surface area contributed by atoms with Gasteiger partial charge < -0.3 is 10.6 Å². The molecule has 1 heterocycles. The van der Waals surface area contributed by atoms with Crippen LogP contribution in [0.15, 0.2) is 0 Å². The van der Waals surface area contributed by atoms with Crippen molar-refractivity contribution in [2.45, 2.75) is 39.2 Å². The van der Waals surface area contributed by atoms with Crippen LogP contribution in [-0.4, -0.2) is 40.1 Å². The lowest BCUT2D eigenvalue weighted by atomic mass is 10.2. The number of hydrogen-bond donors (Lipinski definition) is 1. The van der Waals surface area contributed by atoms with Gasteiger partial charge in [-0.2, -0.15) is 26.7 Å². The number of nitrogens with zero attached hydrogens (tertiary/aromatic N) is 4. The Bertz CT molecular complexity index is 371. The number of rotatable bonds is 7. The van der Waals surface area contributed by atoms with E-state index in [4.69, 9.17) is 5.73 Å². The van der Waals surface area contributed by atoms with E-state index in [1.165, 1.54) is 0 Å². The predicted octanol–water partition coefficient (Wildman–Crippen LogP) is 1.98. The summed E-state index contributed by atoms with van der Waals surface area (Å²) in [5.74, 6) is 2.84. The van der Waals surface area contributed by atoms with Crippen LogP contribution in [0.25, 0.3) is 0 Å². The Labute approximate surface area is 114 Å². The van der Waals surface area contributed by atoms with Crippen LogP contribution in [0.4, 0.5) is 11.9 Å². The summed E-state index contributed by atoms with van der Waals surface area (Å²) in [4.78, 5) is 15.0. The first-order valence-electron chi connectivity index (χ1n) is 6.34. The first-order chi connectivity index (χ1) is 8.62. The zero-order valence-electron chi connectivity index (χ0n) is 11.7. The van der Waals surface area contributed by atoms with Crippen molar-refractivity contribution in [1.82, 2.24) is 15.0 Å². The van der Waals surface area contributed by atoms with Gasteiger partial charge in [0.05, 0.1) is 0 Å². The predicted molar refractivity (Wildman–Crippen MR) is 79.1 cm³/mol. The lowest BCUT2D eigenvalue weighted by molar-refractivity contribution is 0.651. The standard InChI is InChI=1S/C12H23N5S/c1-5-7-10-14-11(13)16-12(15-10)17(3)9(6-2)8-18-4/h9H,5-8H2,1-4H3,(H2,13,14,15,16). The lowest BCUT2D eigenvalue weighted by Crippen LogP contribution is -2.35. The van der Waals surface area contributed by atoms with Crippen LogP contribution < -0.4 is 10.6 Å². The van der Waals surface area contributed by atoms with Crippen molar-refractivity contribution in [3.05, 3.63) is 5.82 Å². The maximum absolute atomic E-state index is 5.75. The first-order valence-corrected chi connectivity index (χ1v) is 7.73. The number of thioether (sulfide) groups is 1. The molecule has 1 atom stereocenters. The summed E-state index contributed by atoms with van der Waals surface area (Å²) in [5, 5.41) is 0. The Balaban J connectivity index is 2.92. The number of nitrogens with two attached hydrogens (primary N) is 1. The third-order valence-electron chi connectivity index (χ3n) is 2.85. The molecular formula is C12H23N5S. The van der Waals surface area contributed by atoms with Gasteiger partial charge in [0, 0.05) is 25.3 Å². The second-order valence-electron chi connectivity index (χ2n) is 4.29. The van der Waals surface area contributed by atoms with Crippen LogP contribution in [0, 0.1) is 0 Å². The smallest absolute Gasteiger partial charge is 0.230 e. The van der Waals surface area contributed by atoms with Crippen molar-refractivity contribution in [2.75, 3.05) is 29.7 Å².